The van der Waals surface area contributed by atoms with Gasteiger partial charge in [0.05, 0.1) is 10.6 Å². The van der Waals surface area contributed by atoms with Crippen molar-refractivity contribution >= 4 is 34.6 Å². The minimum absolute atomic E-state index is 0. The van der Waals surface area contributed by atoms with Crippen LogP contribution in [0.4, 0.5) is 5.69 Å². The Morgan fingerprint density at radius 2 is 1.70 bits per heavy atom. The van der Waals surface area contributed by atoms with Crippen LogP contribution in [0.1, 0.15) is 17.2 Å². The normalized spacial score (nSPS) is 20.5. The first kappa shape index (κ1) is 24.0. The minimum atomic E-state index is -0.129. The molecule has 5 rings (SSSR count). The molecule has 3 aromatic rings. The van der Waals surface area contributed by atoms with Gasteiger partial charge in [-0.2, -0.15) is 0 Å². The number of hydrogen-bond donors (Lipinski definition) is 1. The number of carbonyl (C=O) groups excluding carboxylic acids is 1. The quantitative estimate of drug-likeness (QED) is 0.478. The Morgan fingerprint density at radius 1 is 0.970 bits per heavy atom. The number of ether oxygens (including phenoxy) is 1. The van der Waals surface area contributed by atoms with Gasteiger partial charge in [-0.15, -0.1) is 6.54 Å². The van der Waals surface area contributed by atoms with E-state index in [1.807, 2.05) is 60.7 Å². The van der Waals surface area contributed by atoms with Gasteiger partial charge >= 0.3 is 29.6 Å². The molecule has 2 aliphatic rings. The van der Waals surface area contributed by atoms with Crippen LogP contribution in [0.5, 0.6) is 0 Å². The van der Waals surface area contributed by atoms with Crippen LogP contribution in [0, 0.1) is 0 Å². The van der Waals surface area contributed by atoms with E-state index >= 15 is 0 Å². The molecule has 0 spiro atoms. The zero-order chi connectivity index (χ0) is 21.8. The molecule has 160 valence electrons. The summed E-state index contributed by atoms with van der Waals surface area (Å²) < 4.78 is 5.50. The van der Waals surface area contributed by atoms with Gasteiger partial charge in [-0.05, 0) is 46.7 Å². The van der Waals surface area contributed by atoms with E-state index in [1.54, 1.807) is 0 Å². The number of nitrogens with zero attached hydrogens (tertiary/aromatic N) is 2. The van der Waals surface area contributed by atoms with Crippen molar-refractivity contribution in [2.45, 2.75) is 6.04 Å². The van der Waals surface area contributed by atoms with Gasteiger partial charge in [-0.3, -0.25) is 4.79 Å². The number of amides is 1. The van der Waals surface area contributed by atoms with Gasteiger partial charge in [-0.25, -0.2) is 4.99 Å². The first-order valence-electron chi connectivity index (χ1n) is 10.5. The van der Waals surface area contributed by atoms with Crippen LogP contribution >= 0.6 is 11.8 Å². The van der Waals surface area contributed by atoms with Crippen LogP contribution in [-0.4, -0.2) is 30.8 Å². The summed E-state index contributed by atoms with van der Waals surface area (Å²) in [6.45, 7) is 2.06. The van der Waals surface area contributed by atoms with Crippen molar-refractivity contribution in [1.82, 2.24) is 5.32 Å². The summed E-state index contributed by atoms with van der Waals surface area (Å²) in [6.07, 6.45) is 1.89. The maximum absolute atomic E-state index is 12.4. The van der Waals surface area contributed by atoms with E-state index in [-0.39, 0.29) is 41.5 Å². The molecule has 1 amide bonds. The van der Waals surface area contributed by atoms with Crippen molar-refractivity contribution in [2.75, 3.05) is 19.8 Å². The van der Waals surface area contributed by atoms with E-state index in [2.05, 4.69) is 39.9 Å². The van der Waals surface area contributed by atoms with Crippen LogP contribution < -0.4 is 34.9 Å². The van der Waals surface area contributed by atoms with E-state index in [0.29, 0.717) is 23.3 Å². The molecule has 2 heterocycles. The van der Waals surface area contributed by atoms with Crippen LogP contribution in [0.3, 0.4) is 0 Å². The third-order valence-electron chi connectivity index (χ3n) is 5.34. The number of morpholine rings is 1. The standard InChI is InChI=1S/C26H22N3O2S.Na/c30-25-24(16-18-6-8-20(9-7-18)19-4-2-1-3-5-19)32-26(29-25)28-22-12-10-21(11-13-22)23-17-31-15-14-27-23;/h1-13,16,23H,14-15,17H2,(H,28,29,30);/q-1;+1. The Bertz CT molecular complexity index is 1160. The van der Waals surface area contributed by atoms with E-state index < -0.39 is 0 Å². The average Bonchev–Trinajstić information content (AvgIpc) is 3.19. The molecule has 1 N–H and O–H groups in total. The van der Waals surface area contributed by atoms with Gasteiger partial charge in [0.1, 0.15) is 0 Å². The van der Waals surface area contributed by atoms with Gasteiger partial charge < -0.3 is 15.4 Å². The van der Waals surface area contributed by atoms with Crippen LogP contribution in [0.25, 0.3) is 22.5 Å². The number of benzene rings is 3. The maximum atomic E-state index is 12.4. The zero-order valence-corrected chi connectivity index (χ0v) is 21.2. The molecule has 0 aliphatic carbocycles. The predicted molar refractivity (Wildman–Crippen MR) is 131 cm³/mol. The predicted octanol–water partition coefficient (Wildman–Crippen LogP) is 2.69. The second kappa shape index (κ2) is 11.3. The Labute approximate surface area is 220 Å². The first-order valence-corrected chi connectivity index (χ1v) is 11.4. The molecule has 33 heavy (non-hydrogen) atoms. The summed E-state index contributed by atoms with van der Waals surface area (Å²) in [5.74, 6) is -0.129. The summed E-state index contributed by atoms with van der Waals surface area (Å²) in [5, 5.41) is 8.02. The molecule has 1 unspecified atom stereocenters. The van der Waals surface area contributed by atoms with Crippen LogP contribution in [0.2, 0.25) is 0 Å². The Kier molecular flexibility index (Phi) is 8.20. The molecule has 2 aliphatic heterocycles. The van der Waals surface area contributed by atoms with Crippen LogP contribution in [0.15, 0.2) is 88.8 Å². The van der Waals surface area contributed by atoms with Gasteiger partial charge in [0, 0.05) is 13.2 Å². The summed E-state index contributed by atoms with van der Waals surface area (Å²) in [6, 6.07) is 26.4. The van der Waals surface area contributed by atoms with E-state index in [1.165, 1.54) is 17.3 Å². The van der Waals surface area contributed by atoms with Gasteiger partial charge in [0.2, 0.25) is 0 Å². The molecule has 7 heteroatoms. The number of hydrogen-bond acceptors (Lipinski definition) is 4. The fourth-order valence-corrected chi connectivity index (χ4v) is 4.49. The van der Waals surface area contributed by atoms with Crippen molar-refractivity contribution in [3.05, 3.63) is 100 Å². The summed E-state index contributed by atoms with van der Waals surface area (Å²) in [5.41, 5.74) is 5.21. The molecular formula is C26H22N3NaO2S. The molecule has 2 fully saturated rings. The average molecular weight is 464 g/mol. The second-order valence-corrected chi connectivity index (χ2v) is 8.59. The molecule has 5 nitrogen and oxygen atoms in total. The monoisotopic (exact) mass is 463 g/mol. The molecule has 0 aromatic heterocycles. The minimum Gasteiger partial charge on any atom is -0.652 e. The van der Waals surface area contributed by atoms with Crippen molar-refractivity contribution in [2.24, 2.45) is 4.99 Å². The Hall–Kier alpha value is -2.19. The van der Waals surface area contributed by atoms with Crippen LogP contribution in [-0.2, 0) is 9.53 Å². The molecular weight excluding hydrogens is 441 g/mol. The Balaban J connectivity index is 0.00000259. The summed E-state index contributed by atoms with van der Waals surface area (Å²) >= 11 is 1.35. The number of nitrogens with one attached hydrogen (secondary N) is 1. The van der Waals surface area contributed by atoms with Gasteiger partial charge in [0.25, 0.3) is 5.91 Å². The van der Waals surface area contributed by atoms with Gasteiger partial charge in [-0.1, -0.05) is 78.3 Å². The summed E-state index contributed by atoms with van der Waals surface area (Å²) in [4.78, 5) is 17.6. The smallest absolute Gasteiger partial charge is 0.652 e. The van der Waals surface area contributed by atoms with Crippen molar-refractivity contribution in [1.29, 1.82) is 0 Å². The molecule has 0 radical (unpaired) electrons. The van der Waals surface area contributed by atoms with Crippen molar-refractivity contribution in [3.63, 3.8) is 0 Å². The van der Waals surface area contributed by atoms with Gasteiger partial charge in [0.15, 0.2) is 5.17 Å². The number of thioether (sulfide) groups is 1. The van der Waals surface area contributed by atoms with Crippen molar-refractivity contribution in [3.8, 4) is 11.1 Å². The molecule has 2 saturated heterocycles. The molecule has 3 aromatic carbocycles. The number of carbonyl (C=O) groups is 1. The molecule has 1 atom stereocenters. The number of amidine groups is 1. The fraction of sp³-hybridized carbons (Fsp3) is 0.154. The molecule has 0 bridgehead atoms. The zero-order valence-electron chi connectivity index (χ0n) is 18.4. The van der Waals surface area contributed by atoms with E-state index in [9.17, 15) is 4.79 Å². The SMILES string of the molecule is O=C1NC(=Nc2ccc(C3COCC[N-]3)cc2)SC1=Cc1ccc(-c2ccccc2)cc1.[Na+]. The summed E-state index contributed by atoms with van der Waals surface area (Å²) in [7, 11) is 0. The topological polar surface area (TPSA) is 64.8 Å². The first-order chi connectivity index (χ1) is 15.7. The number of rotatable bonds is 4. The largest absolute Gasteiger partial charge is 1.00 e. The molecule has 0 saturated carbocycles. The second-order valence-electron chi connectivity index (χ2n) is 7.56. The van der Waals surface area contributed by atoms with E-state index in [4.69, 9.17) is 4.74 Å². The Morgan fingerprint density at radius 3 is 2.39 bits per heavy atom. The van der Waals surface area contributed by atoms with E-state index in [0.717, 1.165) is 28.9 Å². The maximum Gasteiger partial charge on any atom is 1.00 e. The fourth-order valence-electron chi connectivity index (χ4n) is 3.64. The van der Waals surface area contributed by atoms with Crippen molar-refractivity contribution < 1.29 is 39.1 Å². The third kappa shape index (κ3) is 6.03. The number of aliphatic imine (C=N–C) groups is 1. The third-order valence-corrected chi connectivity index (χ3v) is 6.25.